The van der Waals surface area contributed by atoms with Crippen LogP contribution >= 0.6 is 15.6 Å². The average Bonchev–Trinajstić information content (AvgIpc) is 1.60. The molecule has 1 unspecified atom stereocenters. The van der Waals surface area contributed by atoms with Crippen LogP contribution in [-0.4, -0.2) is 19.9 Å². The second kappa shape index (κ2) is 13.6. The molecular formula is H8Na4O8P2. The molecule has 0 amide bonds. The van der Waals surface area contributed by atoms with Gasteiger partial charge in [0.1, 0.15) is 0 Å². The van der Waals surface area contributed by atoms with E-state index in [9.17, 15) is 9.13 Å². The molecule has 14 heteroatoms. The van der Waals surface area contributed by atoms with Crippen LogP contribution in [0.2, 0.25) is 0 Å². The van der Waals surface area contributed by atoms with Crippen molar-refractivity contribution in [2.45, 2.75) is 0 Å². The van der Waals surface area contributed by atoms with E-state index in [4.69, 9.17) is 19.9 Å². The van der Waals surface area contributed by atoms with Crippen molar-refractivity contribution in [3.63, 3.8) is 0 Å². The molecule has 1 atom stereocenters. The molecule has 0 aromatic rings. The van der Waals surface area contributed by atoms with Gasteiger partial charge in [-0.05, 0) is 0 Å². The summed E-state index contributed by atoms with van der Waals surface area (Å²) in [7, 11) is -10.1. The number of phosphoric acid groups is 2. The maximum absolute atomic E-state index is 9.97. The van der Waals surface area contributed by atoms with Crippen LogP contribution in [-0.2, 0) is 18.1 Å². The van der Waals surface area contributed by atoms with Crippen LogP contribution in [0.25, 0.3) is 0 Å². The predicted octanol–water partition coefficient (Wildman–Crippen LogP) is -11.8. The van der Waals surface area contributed by atoms with Crippen molar-refractivity contribution in [1.82, 2.24) is 0 Å². The van der Waals surface area contributed by atoms with E-state index in [-0.39, 0.29) is 124 Å². The van der Waals surface area contributed by atoms with Gasteiger partial charge in [-0.15, -0.1) is 4.67 Å². The summed E-state index contributed by atoms with van der Waals surface area (Å²) in [5, 5.41) is 7.48. The zero-order valence-corrected chi connectivity index (χ0v) is 18.1. The maximum Gasteiger partial charge on any atom is 1.00 e. The van der Waals surface area contributed by atoms with Gasteiger partial charge in [-0.25, -0.2) is 14.4 Å². The Hall–Kier alpha value is 4.22. The third-order valence-corrected chi connectivity index (χ3v) is 2.20. The van der Waals surface area contributed by atoms with Crippen LogP contribution in [0.15, 0.2) is 0 Å². The second-order valence-corrected chi connectivity index (χ2v) is 3.86. The van der Waals surface area contributed by atoms with Gasteiger partial charge in [0.2, 0.25) is 0 Å². The molecule has 0 radical (unpaired) electrons. The van der Waals surface area contributed by atoms with Crippen LogP contribution in [0.4, 0.5) is 0 Å². The minimum Gasteiger partial charge on any atom is -1.00 e. The molecule has 0 bridgehead atoms. The first kappa shape index (κ1) is 30.9. The SMILES string of the molecule is O=P(O)(O)OP(=O)(O)OO.[H-].[H-].[H-].[H-].[Na+].[Na+].[Na+].[Na+]. The van der Waals surface area contributed by atoms with E-state index < -0.39 is 15.6 Å². The van der Waals surface area contributed by atoms with Crippen LogP contribution in [0.1, 0.15) is 5.71 Å². The Balaban J connectivity index is -0.0000000145. The molecule has 0 spiro atoms. The summed E-state index contributed by atoms with van der Waals surface area (Å²) in [6.07, 6.45) is 0. The van der Waals surface area contributed by atoms with E-state index in [0.717, 1.165) is 0 Å². The molecule has 0 fully saturated rings. The van der Waals surface area contributed by atoms with Crippen molar-refractivity contribution in [2.24, 2.45) is 0 Å². The van der Waals surface area contributed by atoms with Crippen molar-refractivity contribution in [3.8, 4) is 0 Å². The first-order valence-electron chi connectivity index (χ1n) is 1.70. The standard InChI is InChI=1S/4Na.H4O8P2.4H/c;;;;1-7-10(5,6)8-9(2,3)4;;;;/h;;;;1H,(H,5,6)(H2,2,3,4);;;;/q4*+1;;4*-1. The molecule has 0 saturated heterocycles. The zero-order valence-electron chi connectivity index (χ0n) is 12.3. The molecule has 4 N–H and O–H groups in total. The Morgan fingerprint density at radius 1 is 0.929 bits per heavy atom. The molecule has 0 aliphatic carbocycles. The largest absolute Gasteiger partial charge is 1.00 e. The van der Waals surface area contributed by atoms with Gasteiger partial charge >= 0.3 is 134 Å². The number of rotatable bonds is 3. The molecule has 0 aliphatic rings. The summed E-state index contributed by atoms with van der Waals surface area (Å²) in [6.45, 7) is 0. The minimum atomic E-state index is -5.10. The van der Waals surface area contributed by atoms with E-state index in [1.807, 2.05) is 0 Å². The summed E-state index contributed by atoms with van der Waals surface area (Å²) in [5.41, 5.74) is 0. The van der Waals surface area contributed by atoms with Gasteiger partial charge in [0, 0.05) is 0 Å². The molecular weight excluding hydrogens is 282 g/mol. The molecule has 0 saturated carbocycles. The van der Waals surface area contributed by atoms with Crippen LogP contribution < -0.4 is 118 Å². The summed E-state index contributed by atoms with van der Waals surface area (Å²) in [4.78, 5) is 23.7. The number of hydrogen-bond acceptors (Lipinski definition) is 5. The average molecular weight is 290 g/mol. The van der Waals surface area contributed by atoms with Gasteiger partial charge in [-0.1, -0.05) is 0 Å². The van der Waals surface area contributed by atoms with E-state index in [1.54, 1.807) is 0 Å². The van der Waals surface area contributed by atoms with Crippen molar-refractivity contribution < 1.29 is 162 Å². The molecule has 0 aromatic carbocycles. The summed E-state index contributed by atoms with van der Waals surface area (Å²) >= 11 is 0. The third-order valence-electron chi connectivity index (χ3n) is 0.313. The Morgan fingerprint density at radius 2 is 1.21 bits per heavy atom. The normalized spacial score (nSPS) is 13.1. The van der Waals surface area contributed by atoms with Gasteiger partial charge in [-0.2, -0.15) is 4.31 Å². The topological polar surface area (TPSA) is 134 Å². The molecule has 14 heavy (non-hydrogen) atoms. The van der Waals surface area contributed by atoms with Gasteiger partial charge in [0.25, 0.3) is 0 Å². The van der Waals surface area contributed by atoms with Crippen molar-refractivity contribution >= 4 is 15.6 Å². The fourth-order valence-corrected chi connectivity index (χ4v) is 1.34. The van der Waals surface area contributed by atoms with Crippen LogP contribution in [0.5, 0.6) is 0 Å². The summed E-state index contributed by atoms with van der Waals surface area (Å²) in [5.74, 6) is 0. The van der Waals surface area contributed by atoms with E-state index in [2.05, 4.69) is 8.99 Å². The smallest absolute Gasteiger partial charge is 1.00 e. The first-order chi connectivity index (χ1) is 4.27. The molecule has 0 aromatic heterocycles. The Labute approximate surface area is 174 Å². The molecule has 0 heterocycles. The van der Waals surface area contributed by atoms with E-state index in [1.165, 1.54) is 0 Å². The third kappa shape index (κ3) is 21.5. The zero-order chi connectivity index (χ0) is 8.41. The van der Waals surface area contributed by atoms with Crippen molar-refractivity contribution in [2.75, 3.05) is 0 Å². The van der Waals surface area contributed by atoms with Gasteiger partial charge in [0.05, 0.1) is 0 Å². The fraction of sp³-hybridized carbons (Fsp3) is 0. The van der Waals surface area contributed by atoms with Crippen LogP contribution in [0.3, 0.4) is 0 Å². The van der Waals surface area contributed by atoms with Crippen molar-refractivity contribution in [1.29, 1.82) is 0 Å². The van der Waals surface area contributed by atoms with E-state index >= 15 is 0 Å². The fourth-order valence-electron chi connectivity index (χ4n) is 0.149. The summed E-state index contributed by atoms with van der Waals surface area (Å²) < 4.78 is 25.5. The summed E-state index contributed by atoms with van der Waals surface area (Å²) in [6, 6.07) is 0. The minimum absolute atomic E-state index is 0. The molecule has 0 aliphatic heterocycles. The van der Waals surface area contributed by atoms with Crippen molar-refractivity contribution in [3.05, 3.63) is 0 Å². The monoisotopic (exact) mass is 290 g/mol. The Kier molecular flexibility index (Phi) is 30.1. The van der Waals surface area contributed by atoms with Gasteiger partial charge in [-0.3, -0.25) is 0 Å². The van der Waals surface area contributed by atoms with Gasteiger partial charge in [0.15, 0.2) is 0 Å². The Bertz CT molecular complexity index is 211. The quantitative estimate of drug-likeness (QED) is 0.174. The Morgan fingerprint density at radius 3 is 1.29 bits per heavy atom. The first-order valence-corrected chi connectivity index (χ1v) is 4.72. The molecule has 8 nitrogen and oxygen atoms in total. The number of hydrogen-bond donors (Lipinski definition) is 4. The van der Waals surface area contributed by atoms with Gasteiger partial charge < -0.3 is 20.4 Å². The van der Waals surface area contributed by atoms with Crippen LogP contribution in [0, 0.1) is 0 Å². The predicted molar refractivity (Wildman–Crippen MR) is 31.1 cm³/mol. The maximum atomic E-state index is 9.97. The molecule has 70 valence electrons. The van der Waals surface area contributed by atoms with E-state index in [0.29, 0.717) is 0 Å². The molecule has 0 rings (SSSR count). The second-order valence-electron chi connectivity index (χ2n) is 1.12.